The van der Waals surface area contributed by atoms with Gasteiger partial charge in [0.1, 0.15) is 0 Å². The SMILES string of the molecule is [CH2]COC1(Cn2ncc(Br)c2C)CCCC(C)(C)C1. The largest absolute Gasteiger partial charge is 0.373 e. The Balaban J connectivity index is 2.22. The molecular weight excluding hydrogens is 304 g/mol. The Hall–Kier alpha value is -0.350. The third kappa shape index (κ3) is 3.40. The number of halogens is 1. The van der Waals surface area contributed by atoms with E-state index >= 15 is 0 Å². The van der Waals surface area contributed by atoms with Crippen molar-refractivity contribution in [3.05, 3.63) is 23.3 Å². The monoisotopic (exact) mass is 327 g/mol. The molecular formula is C15H24BrN2O. The van der Waals surface area contributed by atoms with E-state index in [9.17, 15) is 0 Å². The van der Waals surface area contributed by atoms with E-state index in [2.05, 4.69) is 53.4 Å². The average Bonchev–Trinajstić information content (AvgIpc) is 2.60. The minimum atomic E-state index is -0.111. The van der Waals surface area contributed by atoms with E-state index in [1.807, 2.05) is 6.20 Å². The summed E-state index contributed by atoms with van der Waals surface area (Å²) in [6.45, 7) is 12.0. The second kappa shape index (κ2) is 5.57. The van der Waals surface area contributed by atoms with Crippen molar-refractivity contribution < 1.29 is 4.74 Å². The number of aromatic nitrogens is 2. The lowest BCUT2D eigenvalue weighted by atomic mass is 9.69. The maximum absolute atomic E-state index is 6.09. The first kappa shape index (κ1) is 15.0. The van der Waals surface area contributed by atoms with Crippen molar-refractivity contribution >= 4 is 15.9 Å². The summed E-state index contributed by atoms with van der Waals surface area (Å²) < 4.78 is 9.21. The smallest absolute Gasteiger partial charge is 0.0882 e. The van der Waals surface area contributed by atoms with Crippen molar-refractivity contribution in [1.82, 2.24) is 9.78 Å². The third-order valence-corrected chi connectivity index (χ3v) is 4.95. The second-order valence-corrected chi connectivity index (χ2v) is 7.32. The molecule has 0 spiro atoms. The standard InChI is InChI=1S/C15H24BrN2O/c1-5-19-15(8-6-7-14(3,4)10-15)11-18-12(2)13(16)9-17-18/h9H,1,5-8,10-11H2,2-4H3. The summed E-state index contributed by atoms with van der Waals surface area (Å²) >= 11 is 3.52. The van der Waals surface area contributed by atoms with Gasteiger partial charge in [-0.2, -0.15) is 5.10 Å². The molecule has 1 fully saturated rings. The van der Waals surface area contributed by atoms with Crippen molar-refractivity contribution in [3.8, 4) is 0 Å². The zero-order valence-corrected chi connectivity index (χ0v) is 13.8. The number of hydrogen-bond donors (Lipinski definition) is 0. The van der Waals surface area contributed by atoms with Crippen LogP contribution in [0.2, 0.25) is 0 Å². The van der Waals surface area contributed by atoms with Crippen LogP contribution in [-0.2, 0) is 11.3 Å². The molecule has 0 bridgehead atoms. The van der Waals surface area contributed by atoms with E-state index < -0.39 is 0 Å². The number of hydrogen-bond acceptors (Lipinski definition) is 2. The van der Waals surface area contributed by atoms with Crippen LogP contribution in [0.25, 0.3) is 0 Å². The van der Waals surface area contributed by atoms with Crippen LogP contribution in [-0.4, -0.2) is 22.0 Å². The molecule has 1 atom stereocenters. The molecule has 1 heterocycles. The van der Waals surface area contributed by atoms with E-state index in [1.54, 1.807) is 0 Å². The molecule has 1 aliphatic carbocycles. The molecule has 0 N–H and O–H groups in total. The molecule has 3 nitrogen and oxygen atoms in total. The van der Waals surface area contributed by atoms with Gasteiger partial charge in [-0.15, -0.1) is 0 Å². The molecule has 1 aromatic heterocycles. The van der Waals surface area contributed by atoms with Gasteiger partial charge in [0.2, 0.25) is 0 Å². The van der Waals surface area contributed by atoms with Gasteiger partial charge in [-0.05, 0) is 60.9 Å². The number of rotatable bonds is 4. The predicted molar refractivity (Wildman–Crippen MR) is 81.0 cm³/mol. The van der Waals surface area contributed by atoms with Crippen molar-refractivity contribution in [2.24, 2.45) is 5.41 Å². The van der Waals surface area contributed by atoms with E-state index in [4.69, 9.17) is 4.74 Å². The summed E-state index contributed by atoms with van der Waals surface area (Å²) in [5, 5.41) is 4.45. The molecule has 19 heavy (non-hydrogen) atoms. The fourth-order valence-corrected chi connectivity index (χ4v) is 3.61. The fraction of sp³-hybridized carbons (Fsp3) is 0.733. The van der Waals surface area contributed by atoms with Crippen molar-refractivity contribution in [2.75, 3.05) is 6.61 Å². The van der Waals surface area contributed by atoms with Gasteiger partial charge >= 0.3 is 0 Å². The summed E-state index contributed by atoms with van der Waals surface area (Å²) in [5.41, 5.74) is 1.39. The molecule has 1 aliphatic rings. The fourth-order valence-electron chi connectivity index (χ4n) is 3.31. The molecule has 2 rings (SSSR count). The van der Waals surface area contributed by atoms with Crippen LogP contribution in [0.1, 0.15) is 45.2 Å². The first-order valence-corrected chi connectivity index (χ1v) is 7.78. The molecule has 0 aliphatic heterocycles. The first-order valence-electron chi connectivity index (χ1n) is 6.99. The molecule has 1 saturated carbocycles. The van der Waals surface area contributed by atoms with Gasteiger partial charge in [-0.25, -0.2) is 0 Å². The predicted octanol–water partition coefficient (Wildman–Crippen LogP) is 4.14. The van der Waals surface area contributed by atoms with E-state index in [1.165, 1.54) is 12.8 Å². The molecule has 1 unspecified atom stereocenters. The summed E-state index contributed by atoms with van der Waals surface area (Å²) in [4.78, 5) is 0. The highest BCUT2D eigenvalue weighted by Crippen LogP contribution is 2.44. The number of ether oxygens (including phenoxy) is 1. The first-order chi connectivity index (χ1) is 8.87. The molecule has 1 aromatic rings. The lowest BCUT2D eigenvalue weighted by Crippen LogP contribution is -2.45. The van der Waals surface area contributed by atoms with E-state index in [-0.39, 0.29) is 5.60 Å². The zero-order chi connectivity index (χ0) is 14.1. The van der Waals surface area contributed by atoms with Gasteiger partial charge in [0.25, 0.3) is 0 Å². The minimum absolute atomic E-state index is 0.111. The van der Waals surface area contributed by atoms with E-state index in [0.29, 0.717) is 12.0 Å². The molecule has 4 heteroatoms. The Bertz CT molecular complexity index is 437. The Morgan fingerprint density at radius 1 is 1.47 bits per heavy atom. The number of nitrogens with zero attached hydrogens (tertiary/aromatic N) is 2. The minimum Gasteiger partial charge on any atom is -0.373 e. The van der Waals surface area contributed by atoms with Crippen LogP contribution in [0.3, 0.4) is 0 Å². The maximum Gasteiger partial charge on any atom is 0.0882 e. The third-order valence-electron chi connectivity index (χ3n) is 4.18. The highest BCUT2D eigenvalue weighted by atomic mass is 79.9. The van der Waals surface area contributed by atoms with Crippen LogP contribution in [0.15, 0.2) is 10.7 Å². The Morgan fingerprint density at radius 2 is 2.21 bits per heavy atom. The van der Waals surface area contributed by atoms with Gasteiger partial charge in [0.15, 0.2) is 0 Å². The van der Waals surface area contributed by atoms with Crippen LogP contribution in [0, 0.1) is 19.3 Å². The van der Waals surface area contributed by atoms with E-state index in [0.717, 1.165) is 29.6 Å². The quantitative estimate of drug-likeness (QED) is 0.830. The summed E-state index contributed by atoms with van der Waals surface area (Å²) in [6, 6.07) is 0. The van der Waals surface area contributed by atoms with Gasteiger partial charge in [-0.3, -0.25) is 4.68 Å². The van der Waals surface area contributed by atoms with Crippen LogP contribution >= 0.6 is 15.9 Å². The zero-order valence-electron chi connectivity index (χ0n) is 12.2. The summed E-state index contributed by atoms with van der Waals surface area (Å²) in [5.74, 6) is 0. The molecule has 0 aromatic carbocycles. The maximum atomic E-state index is 6.09. The topological polar surface area (TPSA) is 27.1 Å². The van der Waals surface area contributed by atoms with Crippen molar-refractivity contribution in [2.45, 2.75) is 58.6 Å². The normalized spacial score (nSPS) is 26.6. The summed E-state index contributed by atoms with van der Waals surface area (Å²) in [7, 11) is 0. The van der Waals surface area contributed by atoms with Crippen LogP contribution in [0.4, 0.5) is 0 Å². The average molecular weight is 328 g/mol. The molecule has 0 amide bonds. The Morgan fingerprint density at radius 3 is 2.74 bits per heavy atom. The highest BCUT2D eigenvalue weighted by Gasteiger charge is 2.41. The lowest BCUT2D eigenvalue weighted by Gasteiger charge is -2.44. The van der Waals surface area contributed by atoms with Gasteiger partial charge in [-0.1, -0.05) is 13.8 Å². The van der Waals surface area contributed by atoms with Crippen LogP contribution < -0.4 is 0 Å². The second-order valence-electron chi connectivity index (χ2n) is 6.46. The molecule has 0 saturated heterocycles. The Labute approximate surface area is 124 Å². The molecule has 1 radical (unpaired) electrons. The van der Waals surface area contributed by atoms with Gasteiger partial charge in [0, 0.05) is 12.3 Å². The summed E-state index contributed by atoms with van der Waals surface area (Å²) in [6.07, 6.45) is 6.53. The van der Waals surface area contributed by atoms with Crippen LogP contribution in [0.5, 0.6) is 0 Å². The van der Waals surface area contributed by atoms with Crippen molar-refractivity contribution in [1.29, 1.82) is 0 Å². The molecule has 107 valence electrons. The van der Waals surface area contributed by atoms with Crippen molar-refractivity contribution in [3.63, 3.8) is 0 Å². The van der Waals surface area contributed by atoms with Gasteiger partial charge in [0.05, 0.1) is 22.8 Å². The highest BCUT2D eigenvalue weighted by molar-refractivity contribution is 9.10. The lowest BCUT2D eigenvalue weighted by molar-refractivity contribution is -0.100. The Kier molecular flexibility index (Phi) is 4.41. The van der Waals surface area contributed by atoms with Gasteiger partial charge < -0.3 is 4.74 Å².